The lowest BCUT2D eigenvalue weighted by molar-refractivity contribution is 0.602. The van der Waals surface area contributed by atoms with Crippen LogP contribution in [-0.4, -0.2) is 14.7 Å². The summed E-state index contributed by atoms with van der Waals surface area (Å²) in [5, 5.41) is 3.78. The SMILES string of the molecule is Cc1cc(N)c(Cl)cc1NCc1ccc(S(C)(=O)=O)cc1. The summed E-state index contributed by atoms with van der Waals surface area (Å²) in [6.07, 6.45) is 1.19. The van der Waals surface area contributed by atoms with Gasteiger partial charge in [-0.15, -0.1) is 0 Å². The summed E-state index contributed by atoms with van der Waals surface area (Å²) in [6.45, 7) is 2.52. The average Bonchev–Trinajstić information content (AvgIpc) is 2.41. The van der Waals surface area contributed by atoms with Crippen LogP contribution < -0.4 is 11.1 Å². The molecule has 0 atom stereocenters. The van der Waals surface area contributed by atoms with E-state index < -0.39 is 9.84 Å². The van der Waals surface area contributed by atoms with E-state index in [1.54, 1.807) is 30.3 Å². The molecule has 0 aromatic heterocycles. The van der Waals surface area contributed by atoms with E-state index in [2.05, 4.69) is 5.32 Å². The van der Waals surface area contributed by atoms with Gasteiger partial charge in [0.2, 0.25) is 0 Å². The number of anilines is 2. The number of nitrogen functional groups attached to an aromatic ring is 1. The van der Waals surface area contributed by atoms with Crippen molar-refractivity contribution in [3.8, 4) is 0 Å². The van der Waals surface area contributed by atoms with E-state index in [0.29, 0.717) is 22.2 Å². The molecular weight excluding hydrogens is 308 g/mol. The Balaban J connectivity index is 2.12. The summed E-state index contributed by atoms with van der Waals surface area (Å²) in [6, 6.07) is 10.4. The van der Waals surface area contributed by atoms with Crippen LogP contribution in [0, 0.1) is 6.92 Å². The van der Waals surface area contributed by atoms with Crippen LogP contribution in [0.25, 0.3) is 0 Å². The maximum Gasteiger partial charge on any atom is 0.175 e. The molecule has 2 aromatic rings. The molecule has 0 bridgehead atoms. The normalized spacial score (nSPS) is 11.4. The van der Waals surface area contributed by atoms with Crippen LogP contribution in [0.15, 0.2) is 41.3 Å². The summed E-state index contributed by atoms with van der Waals surface area (Å²) in [7, 11) is -3.16. The first-order chi connectivity index (χ1) is 9.77. The standard InChI is InChI=1S/C15H17ClN2O2S/c1-10-7-14(17)13(16)8-15(10)18-9-11-3-5-12(6-4-11)21(2,19)20/h3-8,18H,9,17H2,1-2H3. The molecule has 2 rings (SSSR count). The van der Waals surface area contributed by atoms with Crippen LogP contribution in [0.3, 0.4) is 0 Å². The number of aryl methyl sites for hydroxylation is 1. The van der Waals surface area contributed by atoms with Gasteiger partial charge in [0.1, 0.15) is 0 Å². The molecule has 0 heterocycles. The highest BCUT2D eigenvalue weighted by Crippen LogP contribution is 2.27. The van der Waals surface area contributed by atoms with E-state index in [-0.39, 0.29) is 0 Å². The minimum Gasteiger partial charge on any atom is -0.398 e. The van der Waals surface area contributed by atoms with Crippen molar-refractivity contribution >= 4 is 32.8 Å². The van der Waals surface area contributed by atoms with Crippen molar-refractivity contribution in [1.82, 2.24) is 0 Å². The zero-order chi connectivity index (χ0) is 15.6. The molecule has 0 saturated carbocycles. The molecule has 0 spiro atoms. The van der Waals surface area contributed by atoms with Crippen molar-refractivity contribution < 1.29 is 8.42 Å². The summed E-state index contributed by atoms with van der Waals surface area (Å²) in [4.78, 5) is 0.318. The topological polar surface area (TPSA) is 72.2 Å². The largest absolute Gasteiger partial charge is 0.398 e. The minimum atomic E-state index is -3.16. The first-order valence-corrected chi connectivity index (χ1v) is 8.63. The van der Waals surface area contributed by atoms with Gasteiger partial charge in [0.05, 0.1) is 15.6 Å². The fraction of sp³-hybridized carbons (Fsp3) is 0.200. The third-order valence-electron chi connectivity index (χ3n) is 3.18. The van der Waals surface area contributed by atoms with Crippen LogP contribution in [0.2, 0.25) is 5.02 Å². The van der Waals surface area contributed by atoms with Crippen LogP contribution in [0.1, 0.15) is 11.1 Å². The third kappa shape index (κ3) is 3.89. The van der Waals surface area contributed by atoms with Crippen LogP contribution in [0.4, 0.5) is 11.4 Å². The van der Waals surface area contributed by atoms with Gasteiger partial charge < -0.3 is 11.1 Å². The molecule has 0 aliphatic rings. The monoisotopic (exact) mass is 324 g/mol. The first kappa shape index (κ1) is 15.7. The summed E-state index contributed by atoms with van der Waals surface area (Å²) in [5.41, 5.74) is 9.18. The van der Waals surface area contributed by atoms with E-state index in [4.69, 9.17) is 17.3 Å². The Morgan fingerprint density at radius 1 is 1.19 bits per heavy atom. The second-order valence-electron chi connectivity index (χ2n) is 4.96. The molecule has 0 aliphatic carbocycles. The quantitative estimate of drug-likeness (QED) is 0.847. The lowest BCUT2D eigenvalue weighted by Crippen LogP contribution is -2.03. The highest BCUT2D eigenvalue weighted by Gasteiger charge is 2.07. The molecule has 0 fully saturated rings. The molecular formula is C15H17ClN2O2S. The van der Waals surface area contributed by atoms with Crippen molar-refractivity contribution in [3.05, 3.63) is 52.5 Å². The lowest BCUT2D eigenvalue weighted by Gasteiger charge is -2.12. The predicted molar refractivity (Wildman–Crippen MR) is 87.5 cm³/mol. The van der Waals surface area contributed by atoms with Gasteiger partial charge in [-0.25, -0.2) is 8.42 Å². The van der Waals surface area contributed by atoms with E-state index >= 15 is 0 Å². The fourth-order valence-electron chi connectivity index (χ4n) is 1.95. The molecule has 0 aliphatic heterocycles. The van der Waals surface area contributed by atoms with Crippen molar-refractivity contribution in [1.29, 1.82) is 0 Å². The lowest BCUT2D eigenvalue weighted by atomic mass is 10.1. The second kappa shape index (κ2) is 5.95. The van der Waals surface area contributed by atoms with Crippen LogP contribution in [-0.2, 0) is 16.4 Å². The number of rotatable bonds is 4. The van der Waals surface area contributed by atoms with Crippen molar-refractivity contribution in [2.24, 2.45) is 0 Å². The number of benzene rings is 2. The van der Waals surface area contributed by atoms with E-state index in [9.17, 15) is 8.42 Å². The smallest absolute Gasteiger partial charge is 0.175 e. The minimum absolute atomic E-state index is 0.318. The van der Waals surface area contributed by atoms with Gasteiger partial charge in [0.25, 0.3) is 0 Å². The number of nitrogens with two attached hydrogens (primary N) is 1. The molecule has 3 N–H and O–H groups in total. The molecule has 0 unspecified atom stereocenters. The van der Waals surface area contributed by atoms with E-state index in [1.807, 2.05) is 13.0 Å². The highest BCUT2D eigenvalue weighted by molar-refractivity contribution is 7.90. The van der Waals surface area contributed by atoms with Gasteiger partial charge in [0.15, 0.2) is 9.84 Å². The number of nitrogens with one attached hydrogen (secondary N) is 1. The van der Waals surface area contributed by atoms with Crippen LogP contribution in [0.5, 0.6) is 0 Å². The molecule has 0 saturated heterocycles. The number of hydrogen-bond donors (Lipinski definition) is 2. The average molecular weight is 325 g/mol. The zero-order valence-corrected chi connectivity index (χ0v) is 13.4. The molecule has 2 aromatic carbocycles. The van der Waals surface area contributed by atoms with E-state index in [1.165, 1.54) is 6.26 Å². The Morgan fingerprint density at radius 3 is 2.38 bits per heavy atom. The van der Waals surface area contributed by atoms with Gasteiger partial charge in [-0.2, -0.15) is 0 Å². The number of halogens is 1. The van der Waals surface area contributed by atoms with Crippen LogP contribution >= 0.6 is 11.6 Å². The maximum absolute atomic E-state index is 11.4. The number of sulfone groups is 1. The molecule has 4 nitrogen and oxygen atoms in total. The molecule has 112 valence electrons. The second-order valence-corrected chi connectivity index (χ2v) is 7.38. The van der Waals surface area contributed by atoms with Crippen molar-refractivity contribution in [2.45, 2.75) is 18.4 Å². The van der Waals surface area contributed by atoms with Gasteiger partial charge in [0, 0.05) is 18.5 Å². The molecule has 21 heavy (non-hydrogen) atoms. The predicted octanol–water partition coefficient (Wildman–Crippen LogP) is 3.25. The molecule has 0 amide bonds. The summed E-state index contributed by atoms with van der Waals surface area (Å²) >= 11 is 6.01. The third-order valence-corrected chi connectivity index (χ3v) is 4.63. The summed E-state index contributed by atoms with van der Waals surface area (Å²) < 4.78 is 22.8. The Hall–Kier alpha value is -1.72. The number of hydrogen-bond acceptors (Lipinski definition) is 4. The molecule has 6 heteroatoms. The van der Waals surface area contributed by atoms with Crippen molar-refractivity contribution in [3.63, 3.8) is 0 Å². The summed E-state index contributed by atoms with van der Waals surface area (Å²) in [5.74, 6) is 0. The first-order valence-electron chi connectivity index (χ1n) is 6.36. The van der Waals surface area contributed by atoms with Crippen molar-refractivity contribution in [2.75, 3.05) is 17.3 Å². The Bertz CT molecular complexity index is 756. The fourth-order valence-corrected chi connectivity index (χ4v) is 2.74. The Labute approximate surface area is 129 Å². The van der Waals surface area contributed by atoms with Gasteiger partial charge in [-0.05, 0) is 42.3 Å². The van der Waals surface area contributed by atoms with Gasteiger partial charge in [-0.3, -0.25) is 0 Å². The van der Waals surface area contributed by atoms with Gasteiger partial charge in [-0.1, -0.05) is 23.7 Å². The zero-order valence-electron chi connectivity index (χ0n) is 11.9. The Kier molecular flexibility index (Phi) is 4.44. The van der Waals surface area contributed by atoms with Gasteiger partial charge >= 0.3 is 0 Å². The molecule has 0 radical (unpaired) electrons. The Morgan fingerprint density at radius 2 is 1.81 bits per heavy atom. The highest BCUT2D eigenvalue weighted by atomic mass is 35.5. The maximum atomic E-state index is 11.4. The van der Waals surface area contributed by atoms with E-state index in [0.717, 1.165) is 16.8 Å².